The molecule has 0 unspecified atom stereocenters. The number of nitrogens with one attached hydrogen (secondary N) is 5. The van der Waals surface area contributed by atoms with Crippen molar-refractivity contribution in [3.63, 3.8) is 0 Å². The van der Waals surface area contributed by atoms with Crippen LogP contribution in [0.2, 0.25) is 5.28 Å². The first-order chi connectivity index (χ1) is 39.0. The van der Waals surface area contributed by atoms with Crippen LogP contribution in [-0.2, 0) is 64.7 Å². The van der Waals surface area contributed by atoms with E-state index in [1.165, 1.54) is 72.8 Å². The fraction of sp³-hybridized carbons (Fsp3) is 0.0889. The molecule has 83 heavy (non-hydrogen) atoms. The summed E-state index contributed by atoms with van der Waals surface area (Å²) in [4.78, 5) is 44.7. The van der Waals surface area contributed by atoms with Gasteiger partial charge in [0.15, 0.2) is 33.1 Å². The van der Waals surface area contributed by atoms with Gasteiger partial charge in [-0.15, -0.1) is 0 Å². The summed E-state index contributed by atoms with van der Waals surface area (Å²) in [6.45, 7) is -1.22. The van der Waals surface area contributed by atoms with Gasteiger partial charge in [0.1, 0.15) is 22.6 Å². The third-order valence-corrected chi connectivity index (χ3v) is 18.7. The quantitative estimate of drug-likeness (QED) is 0.0493. The van der Waals surface area contributed by atoms with Gasteiger partial charge in [0.25, 0.3) is 20.2 Å². The molecule has 9 aromatic rings. The standard InChI is InChI=1S/C45H34ClN15O16S6/c46-43-59-44(61-45(60-43)50-21-1-3-22(4-2-21)78(62,63)16-15-77-83(74,75)76)48-13-14-49-80(66,67)24-6-10-28-32(18-24)40-53-35-27-9-5-23(79(47,64)65)17-31(27)39(51-35)52-37-29-11-7-25(81(68,69)70)19-33(29)42(56-37)58-38-30-12-8-26(82(71,72)73)20-34(30)41(57-38)55-36(28)54-40/h1-12,17-20,49H,13-16H2,(H2,47,64,65)(H,68,69,70)(H,71,72,73)(H,74,75,76)(H2,48,50,59,60,61)(H2,51,52,53,54,55,56,57,58). The second-order valence-electron chi connectivity index (χ2n) is 17.7. The SMILES string of the molecule is NS(=O)(=O)c1ccc2c3nc4nc(nc5[nH]c(nc6nc(nc([nH]3)c2c1)-c1ccc(S(=O)(=O)O)cc1-6)c1ccc(S(=O)(=O)O)cc51)-c1ccc(S(=O)(=O)NCCNc2nc(Cl)nc(Nc3ccc(S(=O)(=O)CCOS(=O)(=O)O)cc3)n2)cc1-4. The number of anilines is 3. The van der Waals surface area contributed by atoms with Crippen LogP contribution < -0.4 is 20.5 Å². The largest absolute Gasteiger partial charge is 0.397 e. The van der Waals surface area contributed by atoms with Crippen molar-refractivity contribution in [2.75, 3.05) is 36.1 Å². The maximum Gasteiger partial charge on any atom is 0.397 e. The van der Waals surface area contributed by atoms with Crippen LogP contribution in [0.3, 0.4) is 0 Å². The maximum atomic E-state index is 14.0. The van der Waals surface area contributed by atoms with Gasteiger partial charge in [-0.3, -0.25) is 13.7 Å². The Labute approximate surface area is 472 Å². The first-order valence-electron chi connectivity index (χ1n) is 23.2. The molecule has 0 fully saturated rings. The predicted octanol–water partition coefficient (Wildman–Crippen LogP) is 3.58. The van der Waals surface area contributed by atoms with Gasteiger partial charge in [-0.25, -0.2) is 69.2 Å². The van der Waals surface area contributed by atoms with Crippen molar-refractivity contribution >= 4 is 134 Å². The summed E-state index contributed by atoms with van der Waals surface area (Å²) in [6, 6.07) is 19.9. The van der Waals surface area contributed by atoms with Crippen LogP contribution >= 0.6 is 11.6 Å². The number of H-pyrrole nitrogens is 2. The summed E-state index contributed by atoms with van der Waals surface area (Å²) in [6.07, 6.45) is 0. The monoisotopic (exact) mass is 1270 g/mol. The van der Waals surface area contributed by atoms with Gasteiger partial charge in [-0.05, 0) is 109 Å². The van der Waals surface area contributed by atoms with E-state index in [0.29, 0.717) is 0 Å². The van der Waals surface area contributed by atoms with Crippen molar-refractivity contribution in [3.8, 4) is 45.6 Å². The fourth-order valence-electron chi connectivity index (χ4n) is 8.55. The van der Waals surface area contributed by atoms with E-state index in [4.69, 9.17) is 46.2 Å². The zero-order valence-corrected chi connectivity index (χ0v) is 46.8. The molecule has 31 nitrogen and oxygen atoms in total. The van der Waals surface area contributed by atoms with E-state index < -0.39 is 82.7 Å². The summed E-state index contributed by atoms with van der Waals surface area (Å²) in [5.41, 5.74) is 0.664. The van der Waals surface area contributed by atoms with E-state index in [1.807, 2.05) is 0 Å². The van der Waals surface area contributed by atoms with Crippen molar-refractivity contribution < 1.29 is 68.3 Å². The molecule has 6 heterocycles. The summed E-state index contributed by atoms with van der Waals surface area (Å²) >= 11 is 6.15. The molecule has 0 saturated heterocycles. The predicted molar refractivity (Wildman–Crippen MR) is 295 cm³/mol. The van der Waals surface area contributed by atoms with Gasteiger partial charge in [0.05, 0.1) is 36.8 Å². The topological polar surface area (TPSA) is 484 Å². The summed E-state index contributed by atoms with van der Waals surface area (Å²) in [5.74, 6) is -1.48. The Balaban J connectivity index is 0.955. The van der Waals surface area contributed by atoms with Crippen molar-refractivity contribution in [1.29, 1.82) is 0 Å². The lowest BCUT2D eigenvalue weighted by atomic mass is 10.1. The number of primary sulfonamides is 1. The summed E-state index contributed by atoms with van der Waals surface area (Å²) in [5, 5.41) is 11.6. The molecule has 11 rings (SSSR count). The van der Waals surface area contributed by atoms with Crippen LogP contribution in [0.25, 0.3) is 89.7 Å². The smallest absolute Gasteiger partial charge is 0.353 e. The Morgan fingerprint density at radius 3 is 1.48 bits per heavy atom. The number of hydrogen-bond donors (Lipinski definition) is 9. The highest BCUT2D eigenvalue weighted by atomic mass is 35.5. The van der Waals surface area contributed by atoms with Gasteiger partial charge in [-0.1, -0.05) is 0 Å². The molecule has 5 aromatic carbocycles. The molecule has 428 valence electrons. The van der Waals surface area contributed by atoms with Crippen molar-refractivity contribution in [2.45, 2.75) is 24.5 Å². The van der Waals surface area contributed by atoms with E-state index in [-0.39, 0.29) is 140 Å². The number of aromatic nitrogens is 11. The molecule has 0 amide bonds. The van der Waals surface area contributed by atoms with Crippen molar-refractivity contribution in [2.24, 2.45) is 5.14 Å². The molecular weight excluding hydrogens is 1230 g/mol. The second-order valence-corrected chi connectivity index (χ2v) is 27.4. The maximum absolute atomic E-state index is 14.0. The van der Waals surface area contributed by atoms with E-state index in [9.17, 15) is 59.6 Å². The summed E-state index contributed by atoms with van der Waals surface area (Å²) < 4.78 is 185. The number of halogens is 1. The van der Waals surface area contributed by atoms with E-state index in [2.05, 4.69) is 49.4 Å². The average molecular weight is 1270 g/mol. The van der Waals surface area contributed by atoms with Crippen molar-refractivity contribution in [1.82, 2.24) is 59.5 Å². The number of fused-ring (bicyclic) bond motifs is 20. The third-order valence-electron chi connectivity index (χ3n) is 12.3. The lowest BCUT2D eigenvalue weighted by molar-refractivity contribution is 0.284. The molecule has 0 spiro atoms. The highest BCUT2D eigenvalue weighted by Crippen LogP contribution is 2.39. The zero-order valence-electron chi connectivity index (χ0n) is 41.1. The number of nitrogens with zero attached hydrogens (tertiary/aromatic N) is 9. The van der Waals surface area contributed by atoms with E-state index >= 15 is 0 Å². The van der Waals surface area contributed by atoms with Crippen LogP contribution in [0.4, 0.5) is 17.6 Å². The minimum Gasteiger partial charge on any atom is -0.353 e. The van der Waals surface area contributed by atoms with E-state index in [1.54, 1.807) is 0 Å². The third kappa shape index (κ3) is 11.8. The minimum atomic E-state index is -4.85. The first kappa shape index (κ1) is 56.7. The normalized spacial score (nSPS) is 13.0. The molecule has 0 aliphatic carbocycles. The van der Waals surface area contributed by atoms with Gasteiger partial charge in [-0.2, -0.15) is 40.2 Å². The lowest BCUT2D eigenvalue weighted by Gasteiger charge is -2.11. The molecule has 2 aliphatic rings. The Hall–Kier alpha value is -8.18. The van der Waals surface area contributed by atoms with Gasteiger partial charge >= 0.3 is 10.4 Å². The van der Waals surface area contributed by atoms with E-state index in [0.717, 1.165) is 24.3 Å². The number of sulfonamides is 2. The van der Waals surface area contributed by atoms with Gasteiger partial charge in [0.2, 0.25) is 37.2 Å². The minimum absolute atomic E-state index is 0.0000400. The van der Waals surface area contributed by atoms with Crippen LogP contribution in [0, 0.1) is 0 Å². The molecule has 2 aliphatic heterocycles. The van der Waals surface area contributed by atoms with Crippen molar-refractivity contribution in [3.05, 3.63) is 102 Å². The number of benzene rings is 5. The highest BCUT2D eigenvalue weighted by molar-refractivity contribution is 7.91. The molecule has 0 radical (unpaired) electrons. The van der Waals surface area contributed by atoms with Crippen LogP contribution in [0.5, 0.6) is 0 Å². The summed E-state index contributed by atoms with van der Waals surface area (Å²) in [7, 11) is -27.2. The van der Waals surface area contributed by atoms with Crippen LogP contribution in [-0.4, -0.2) is 144 Å². The number of rotatable bonds is 16. The fourth-order valence-corrected chi connectivity index (χ4v) is 12.8. The molecule has 8 bridgehead atoms. The molecule has 0 atom stereocenters. The Bertz CT molecular complexity index is 5140. The number of sulfone groups is 1. The molecular formula is C45H34ClN15O16S6. The zero-order chi connectivity index (χ0) is 59.2. The highest BCUT2D eigenvalue weighted by Gasteiger charge is 2.27. The molecule has 38 heteroatoms. The Morgan fingerprint density at radius 1 is 0.482 bits per heavy atom. The molecule has 10 N–H and O–H groups in total. The number of hydrogen-bond acceptors (Lipinski definition) is 24. The molecule has 4 aromatic heterocycles. The van der Waals surface area contributed by atoms with Crippen LogP contribution in [0.1, 0.15) is 0 Å². The van der Waals surface area contributed by atoms with Crippen LogP contribution in [0.15, 0.2) is 122 Å². The number of nitrogens with two attached hydrogens (primary N) is 1. The lowest BCUT2D eigenvalue weighted by Crippen LogP contribution is -2.29. The first-order valence-corrected chi connectivity index (χ1v) is 32.5. The molecule has 0 saturated carbocycles. The van der Waals surface area contributed by atoms with Gasteiger partial charge in [0, 0.05) is 62.6 Å². The number of aromatic amines is 2. The van der Waals surface area contributed by atoms with Gasteiger partial charge < -0.3 is 20.6 Å². The Morgan fingerprint density at radius 2 is 0.940 bits per heavy atom. The Kier molecular flexibility index (Phi) is 14.1. The second kappa shape index (κ2) is 20.6. The average Bonchev–Trinajstić information content (AvgIpc) is 3.92.